The average molecular weight is 301 g/mol. The van der Waals surface area contributed by atoms with Crippen molar-refractivity contribution >= 4 is 23.2 Å². The van der Waals surface area contributed by atoms with Gasteiger partial charge in [-0.1, -0.05) is 0 Å². The summed E-state index contributed by atoms with van der Waals surface area (Å²) in [6, 6.07) is 4.62. The number of hydrogen-bond acceptors (Lipinski definition) is 4. The van der Waals surface area contributed by atoms with Gasteiger partial charge in [0.25, 0.3) is 0 Å². The predicted octanol–water partition coefficient (Wildman–Crippen LogP) is 2.03. The van der Waals surface area contributed by atoms with Crippen molar-refractivity contribution in [3.8, 4) is 0 Å². The zero-order valence-corrected chi connectivity index (χ0v) is 11.5. The predicted molar refractivity (Wildman–Crippen MR) is 72.8 cm³/mol. The molecule has 0 spiro atoms. The van der Waals surface area contributed by atoms with Crippen LogP contribution in [-0.4, -0.2) is 45.2 Å². The molecule has 1 amide bonds. The van der Waals surface area contributed by atoms with Crippen molar-refractivity contribution < 1.29 is 22.7 Å². The van der Waals surface area contributed by atoms with Crippen LogP contribution in [0.2, 0.25) is 0 Å². The van der Waals surface area contributed by atoms with Crippen molar-refractivity contribution in [3.63, 3.8) is 0 Å². The maximum absolute atomic E-state index is 12.4. The van der Waals surface area contributed by atoms with Gasteiger partial charge in [0.1, 0.15) is 6.61 Å². The van der Waals surface area contributed by atoms with E-state index in [1.807, 2.05) is 5.32 Å². The number of halogens is 3. The van der Waals surface area contributed by atoms with E-state index in [0.29, 0.717) is 18.7 Å². The van der Waals surface area contributed by atoms with Gasteiger partial charge in [0.05, 0.1) is 17.8 Å². The fraction of sp³-hybridized carbons (Fsp3) is 0.385. The molecule has 0 atom stereocenters. The number of hydrogen-bond donors (Lipinski definition) is 1. The van der Waals surface area contributed by atoms with Gasteiger partial charge in [-0.3, -0.25) is 4.79 Å². The molecule has 0 aromatic heterocycles. The van der Waals surface area contributed by atoms with Gasteiger partial charge in [-0.2, -0.15) is 13.2 Å². The standard InChI is InChI=1S/C13H14F3N3O2/c1-19(2)8-3-4-10(18-12(20)13(14,15)16)9(7-8)11-17-5-6-21-11/h3-4,7H,5-6H2,1-2H3,(H,18,20). The minimum atomic E-state index is -4.95. The number of nitrogens with zero attached hydrogens (tertiary/aromatic N) is 2. The van der Waals surface area contributed by atoms with E-state index in [4.69, 9.17) is 4.74 Å². The number of alkyl halides is 3. The van der Waals surface area contributed by atoms with Crippen LogP contribution in [0.25, 0.3) is 0 Å². The van der Waals surface area contributed by atoms with Crippen molar-refractivity contribution in [2.75, 3.05) is 37.5 Å². The largest absolute Gasteiger partial charge is 0.475 e. The molecule has 1 aliphatic heterocycles. The highest BCUT2D eigenvalue weighted by molar-refractivity contribution is 6.06. The van der Waals surface area contributed by atoms with Gasteiger partial charge in [0.15, 0.2) is 0 Å². The molecule has 21 heavy (non-hydrogen) atoms. The van der Waals surface area contributed by atoms with Gasteiger partial charge in [0.2, 0.25) is 5.90 Å². The number of nitrogens with one attached hydrogen (secondary N) is 1. The molecule has 1 heterocycles. The third-order valence-corrected chi connectivity index (χ3v) is 2.84. The number of anilines is 2. The molecule has 0 bridgehead atoms. The first-order valence-corrected chi connectivity index (χ1v) is 6.16. The maximum atomic E-state index is 12.4. The fourth-order valence-electron chi connectivity index (χ4n) is 1.79. The summed E-state index contributed by atoms with van der Waals surface area (Å²) in [5, 5.41) is 1.85. The summed E-state index contributed by atoms with van der Waals surface area (Å²) in [5.41, 5.74) is 1.10. The molecule has 8 heteroatoms. The molecular weight excluding hydrogens is 287 g/mol. The molecule has 114 valence electrons. The molecule has 2 rings (SSSR count). The first kappa shape index (κ1) is 15.1. The van der Waals surface area contributed by atoms with Crippen molar-refractivity contribution in [1.82, 2.24) is 0 Å². The second kappa shape index (κ2) is 5.63. The first-order chi connectivity index (χ1) is 9.79. The SMILES string of the molecule is CN(C)c1ccc(NC(=O)C(F)(F)F)c(C2=NCCO2)c1. The lowest BCUT2D eigenvalue weighted by molar-refractivity contribution is -0.167. The number of benzene rings is 1. The molecule has 1 aliphatic rings. The van der Waals surface area contributed by atoms with E-state index in [1.54, 1.807) is 31.1 Å². The number of aliphatic imine (C=N–C) groups is 1. The molecule has 0 fully saturated rings. The Morgan fingerprint density at radius 1 is 1.38 bits per heavy atom. The Hall–Kier alpha value is -2.25. The molecular formula is C13H14F3N3O2. The van der Waals surface area contributed by atoms with Crippen molar-refractivity contribution in [1.29, 1.82) is 0 Å². The summed E-state index contributed by atoms with van der Waals surface area (Å²) in [4.78, 5) is 17.0. The molecule has 0 saturated heterocycles. The zero-order valence-electron chi connectivity index (χ0n) is 11.5. The van der Waals surface area contributed by atoms with Crippen LogP contribution >= 0.6 is 0 Å². The number of carbonyl (C=O) groups is 1. The minimum Gasteiger partial charge on any atom is -0.475 e. The highest BCUT2D eigenvalue weighted by Crippen LogP contribution is 2.26. The van der Waals surface area contributed by atoms with Crippen LogP contribution in [0.15, 0.2) is 23.2 Å². The van der Waals surface area contributed by atoms with Gasteiger partial charge in [-0.05, 0) is 18.2 Å². The second-order valence-electron chi connectivity index (χ2n) is 4.61. The van der Waals surface area contributed by atoms with Crippen LogP contribution in [0.3, 0.4) is 0 Å². The summed E-state index contributed by atoms with van der Waals surface area (Å²) < 4.78 is 42.4. The zero-order chi connectivity index (χ0) is 15.6. The molecule has 5 nitrogen and oxygen atoms in total. The molecule has 0 aliphatic carbocycles. The smallest absolute Gasteiger partial charge is 0.471 e. The van der Waals surface area contributed by atoms with E-state index in [9.17, 15) is 18.0 Å². The topological polar surface area (TPSA) is 53.9 Å². The lowest BCUT2D eigenvalue weighted by Crippen LogP contribution is -2.30. The summed E-state index contributed by atoms with van der Waals surface area (Å²) in [6.45, 7) is 0.808. The lowest BCUT2D eigenvalue weighted by Gasteiger charge is -2.17. The average Bonchev–Trinajstić information content (AvgIpc) is 2.91. The van der Waals surface area contributed by atoms with Crippen LogP contribution in [0.5, 0.6) is 0 Å². The highest BCUT2D eigenvalue weighted by Gasteiger charge is 2.39. The van der Waals surface area contributed by atoms with E-state index < -0.39 is 12.1 Å². The molecule has 1 N–H and O–H groups in total. The third kappa shape index (κ3) is 3.45. The normalized spacial score (nSPS) is 14.4. The van der Waals surface area contributed by atoms with E-state index in [-0.39, 0.29) is 11.6 Å². The Balaban J connectivity index is 2.38. The number of carbonyl (C=O) groups excluding carboxylic acids is 1. The Labute approximate surface area is 119 Å². The van der Waals surface area contributed by atoms with Crippen molar-refractivity contribution in [3.05, 3.63) is 23.8 Å². The maximum Gasteiger partial charge on any atom is 0.471 e. The van der Waals surface area contributed by atoms with Gasteiger partial charge < -0.3 is 15.0 Å². The van der Waals surface area contributed by atoms with Gasteiger partial charge in [-0.25, -0.2) is 4.99 Å². The third-order valence-electron chi connectivity index (χ3n) is 2.84. The number of amides is 1. The van der Waals surface area contributed by atoms with Crippen molar-refractivity contribution in [2.45, 2.75) is 6.18 Å². The Morgan fingerprint density at radius 2 is 2.10 bits per heavy atom. The summed E-state index contributed by atoms with van der Waals surface area (Å²) >= 11 is 0. The number of rotatable bonds is 3. The minimum absolute atomic E-state index is 0.0172. The monoisotopic (exact) mass is 301 g/mol. The van der Waals surface area contributed by atoms with E-state index in [0.717, 1.165) is 5.69 Å². The summed E-state index contributed by atoms with van der Waals surface area (Å²) in [6.07, 6.45) is -4.95. The lowest BCUT2D eigenvalue weighted by atomic mass is 10.1. The Morgan fingerprint density at radius 3 is 2.62 bits per heavy atom. The second-order valence-corrected chi connectivity index (χ2v) is 4.61. The van der Waals surface area contributed by atoms with Crippen LogP contribution in [0.1, 0.15) is 5.56 Å². The molecule has 1 aromatic rings. The van der Waals surface area contributed by atoms with Gasteiger partial charge in [-0.15, -0.1) is 0 Å². The first-order valence-electron chi connectivity index (χ1n) is 6.16. The Bertz CT molecular complexity index is 583. The van der Waals surface area contributed by atoms with Gasteiger partial charge in [0, 0.05) is 19.8 Å². The van der Waals surface area contributed by atoms with Crippen LogP contribution in [0, 0.1) is 0 Å². The highest BCUT2D eigenvalue weighted by atomic mass is 19.4. The van der Waals surface area contributed by atoms with Crippen LogP contribution < -0.4 is 10.2 Å². The van der Waals surface area contributed by atoms with E-state index >= 15 is 0 Å². The summed E-state index contributed by atoms with van der Waals surface area (Å²) in [7, 11) is 3.59. The van der Waals surface area contributed by atoms with E-state index in [2.05, 4.69) is 4.99 Å². The molecule has 0 unspecified atom stereocenters. The summed E-state index contributed by atoms with van der Waals surface area (Å²) in [5.74, 6) is -1.80. The van der Waals surface area contributed by atoms with Gasteiger partial charge >= 0.3 is 12.1 Å². The molecule has 1 aromatic carbocycles. The fourth-order valence-corrected chi connectivity index (χ4v) is 1.79. The quantitative estimate of drug-likeness (QED) is 0.929. The van der Waals surface area contributed by atoms with Crippen LogP contribution in [-0.2, 0) is 9.53 Å². The van der Waals surface area contributed by atoms with Crippen LogP contribution in [0.4, 0.5) is 24.5 Å². The van der Waals surface area contributed by atoms with Crippen molar-refractivity contribution in [2.24, 2.45) is 4.99 Å². The number of ether oxygens (including phenoxy) is 1. The molecule has 0 radical (unpaired) electrons. The molecule has 0 saturated carbocycles. The Kier molecular flexibility index (Phi) is 4.06. The van der Waals surface area contributed by atoms with E-state index in [1.165, 1.54) is 6.07 Å².